The molecule has 0 atom stereocenters. The molecule has 1 amide bonds. The highest BCUT2D eigenvalue weighted by Gasteiger charge is 2.13. The molecule has 0 radical (unpaired) electrons. The van der Waals surface area contributed by atoms with E-state index in [1.165, 1.54) is 0 Å². The third-order valence-corrected chi connectivity index (χ3v) is 2.84. The maximum absolute atomic E-state index is 11.9. The van der Waals surface area contributed by atoms with Gasteiger partial charge in [0, 0.05) is 13.0 Å². The Morgan fingerprint density at radius 3 is 2.89 bits per heavy atom. The van der Waals surface area contributed by atoms with Crippen molar-refractivity contribution in [3.63, 3.8) is 0 Å². The van der Waals surface area contributed by atoms with E-state index in [2.05, 4.69) is 10.3 Å². The molecule has 0 aliphatic heterocycles. The third-order valence-electron chi connectivity index (χ3n) is 2.84. The molecule has 0 bridgehead atoms. The van der Waals surface area contributed by atoms with Gasteiger partial charge in [0.05, 0.1) is 0 Å². The Labute approximate surface area is 111 Å². The Hall–Kier alpha value is -2.17. The van der Waals surface area contributed by atoms with Crippen LogP contribution in [0.4, 0.5) is 0 Å². The van der Waals surface area contributed by atoms with Gasteiger partial charge in [-0.05, 0) is 25.0 Å². The molecule has 0 saturated carbocycles. The van der Waals surface area contributed by atoms with Crippen LogP contribution in [-0.4, -0.2) is 23.7 Å². The van der Waals surface area contributed by atoms with Crippen LogP contribution in [0.1, 0.15) is 36.4 Å². The number of nitrogens with zero attached hydrogens (tertiary/aromatic N) is 1. The first kappa shape index (κ1) is 13.3. The minimum atomic E-state index is -0.0699. The molecule has 0 aliphatic rings. The third kappa shape index (κ3) is 3.64. The van der Waals surface area contributed by atoms with Crippen molar-refractivity contribution in [2.24, 2.45) is 0 Å². The SMILES string of the molecule is O=CNCCCCCC(=O)c1nc2ccccc2o1. The second-order valence-electron chi connectivity index (χ2n) is 4.29. The Bertz CT molecular complexity index is 530. The molecule has 0 spiro atoms. The standard InChI is InChI=1S/C14H16N2O3/c17-10-15-9-5-1-2-7-12(18)14-16-11-6-3-4-8-13(11)19-14/h3-4,6,8,10H,1-2,5,7,9H2,(H,15,17). The van der Waals surface area contributed by atoms with Gasteiger partial charge in [-0.25, -0.2) is 4.98 Å². The summed E-state index contributed by atoms with van der Waals surface area (Å²) in [6.07, 6.45) is 3.65. The van der Waals surface area contributed by atoms with Crippen LogP contribution >= 0.6 is 0 Å². The van der Waals surface area contributed by atoms with E-state index in [-0.39, 0.29) is 11.7 Å². The summed E-state index contributed by atoms with van der Waals surface area (Å²) in [4.78, 5) is 26.1. The number of aromatic nitrogens is 1. The predicted molar refractivity (Wildman–Crippen MR) is 70.9 cm³/mol. The van der Waals surface area contributed by atoms with Crippen LogP contribution in [-0.2, 0) is 4.79 Å². The zero-order valence-corrected chi connectivity index (χ0v) is 10.6. The molecule has 1 aromatic heterocycles. The molecule has 0 aliphatic carbocycles. The van der Waals surface area contributed by atoms with Crippen molar-refractivity contribution in [2.45, 2.75) is 25.7 Å². The van der Waals surface area contributed by atoms with Crippen molar-refractivity contribution in [1.29, 1.82) is 0 Å². The lowest BCUT2D eigenvalue weighted by atomic mass is 10.1. The number of para-hydroxylation sites is 2. The summed E-state index contributed by atoms with van der Waals surface area (Å²) >= 11 is 0. The number of hydrogen-bond acceptors (Lipinski definition) is 4. The molecular weight excluding hydrogens is 244 g/mol. The lowest BCUT2D eigenvalue weighted by Gasteiger charge is -1.98. The maximum atomic E-state index is 11.9. The zero-order valence-electron chi connectivity index (χ0n) is 10.6. The van der Waals surface area contributed by atoms with Gasteiger partial charge in [-0.1, -0.05) is 18.6 Å². The predicted octanol–water partition coefficient (Wildman–Crippen LogP) is 2.32. The Morgan fingerprint density at radius 1 is 1.26 bits per heavy atom. The Morgan fingerprint density at radius 2 is 2.11 bits per heavy atom. The van der Waals surface area contributed by atoms with E-state index in [1.54, 1.807) is 6.07 Å². The number of unbranched alkanes of at least 4 members (excludes halogenated alkanes) is 2. The van der Waals surface area contributed by atoms with E-state index in [9.17, 15) is 9.59 Å². The molecule has 2 aromatic rings. The van der Waals surface area contributed by atoms with Crippen molar-refractivity contribution in [2.75, 3.05) is 6.54 Å². The molecule has 1 heterocycles. The van der Waals surface area contributed by atoms with E-state index < -0.39 is 0 Å². The van der Waals surface area contributed by atoms with Crippen LogP contribution < -0.4 is 5.32 Å². The first-order chi connectivity index (χ1) is 9.31. The van der Waals surface area contributed by atoms with Gasteiger partial charge in [0.1, 0.15) is 5.52 Å². The van der Waals surface area contributed by atoms with Crippen LogP contribution in [0.3, 0.4) is 0 Å². The van der Waals surface area contributed by atoms with E-state index >= 15 is 0 Å². The monoisotopic (exact) mass is 260 g/mol. The van der Waals surface area contributed by atoms with Crippen LogP contribution in [0.2, 0.25) is 0 Å². The minimum Gasteiger partial charge on any atom is -0.434 e. The fourth-order valence-corrected chi connectivity index (χ4v) is 1.85. The fraction of sp³-hybridized carbons (Fsp3) is 0.357. The van der Waals surface area contributed by atoms with Gasteiger partial charge >= 0.3 is 0 Å². The molecule has 0 fully saturated rings. The van der Waals surface area contributed by atoms with Gasteiger partial charge in [0.2, 0.25) is 12.2 Å². The molecule has 1 N–H and O–H groups in total. The summed E-state index contributed by atoms with van der Waals surface area (Å²) in [6, 6.07) is 7.33. The van der Waals surface area contributed by atoms with Crippen LogP contribution in [0, 0.1) is 0 Å². The number of amides is 1. The lowest BCUT2D eigenvalue weighted by Crippen LogP contribution is -2.11. The van der Waals surface area contributed by atoms with Gasteiger partial charge in [-0.15, -0.1) is 0 Å². The average molecular weight is 260 g/mol. The number of ketones is 1. The minimum absolute atomic E-state index is 0.0699. The molecule has 0 unspecified atom stereocenters. The Balaban J connectivity index is 1.81. The van der Waals surface area contributed by atoms with Crippen molar-refractivity contribution >= 4 is 23.3 Å². The number of Topliss-reactive ketones (excluding diaryl/α,β-unsaturated/α-hetero) is 1. The van der Waals surface area contributed by atoms with Crippen molar-refractivity contribution in [3.8, 4) is 0 Å². The second kappa shape index (κ2) is 6.68. The van der Waals surface area contributed by atoms with Crippen molar-refractivity contribution in [1.82, 2.24) is 10.3 Å². The van der Waals surface area contributed by atoms with E-state index in [0.717, 1.165) is 19.3 Å². The molecular formula is C14H16N2O3. The number of fused-ring (bicyclic) bond motifs is 1. The Kier molecular flexibility index (Phi) is 4.66. The number of carbonyl (C=O) groups is 2. The first-order valence-electron chi connectivity index (χ1n) is 6.37. The number of carbonyl (C=O) groups excluding carboxylic acids is 2. The summed E-state index contributed by atoms with van der Waals surface area (Å²) in [5, 5.41) is 2.59. The summed E-state index contributed by atoms with van der Waals surface area (Å²) in [6.45, 7) is 0.653. The first-order valence-corrected chi connectivity index (χ1v) is 6.37. The number of benzene rings is 1. The van der Waals surface area contributed by atoms with Crippen LogP contribution in [0.15, 0.2) is 28.7 Å². The lowest BCUT2D eigenvalue weighted by molar-refractivity contribution is -0.109. The molecule has 100 valence electrons. The van der Waals surface area contributed by atoms with Gasteiger partial charge < -0.3 is 9.73 Å². The summed E-state index contributed by atoms with van der Waals surface area (Å²) in [5.74, 6) is 0.117. The number of oxazole rings is 1. The highest BCUT2D eigenvalue weighted by Crippen LogP contribution is 2.16. The smallest absolute Gasteiger partial charge is 0.264 e. The van der Waals surface area contributed by atoms with E-state index in [0.29, 0.717) is 30.5 Å². The molecule has 19 heavy (non-hydrogen) atoms. The molecule has 5 nitrogen and oxygen atoms in total. The average Bonchev–Trinajstić information content (AvgIpc) is 2.86. The van der Waals surface area contributed by atoms with Crippen LogP contribution in [0.25, 0.3) is 11.1 Å². The summed E-state index contributed by atoms with van der Waals surface area (Å²) < 4.78 is 5.41. The quantitative estimate of drug-likeness (QED) is 0.449. The number of nitrogens with one attached hydrogen (secondary N) is 1. The normalized spacial score (nSPS) is 10.5. The van der Waals surface area contributed by atoms with Gasteiger partial charge in [-0.2, -0.15) is 0 Å². The largest absolute Gasteiger partial charge is 0.434 e. The second-order valence-corrected chi connectivity index (χ2v) is 4.29. The summed E-state index contributed by atoms with van der Waals surface area (Å²) in [5.41, 5.74) is 1.35. The summed E-state index contributed by atoms with van der Waals surface area (Å²) in [7, 11) is 0. The van der Waals surface area contributed by atoms with Crippen molar-refractivity contribution < 1.29 is 14.0 Å². The molecule has 0 saturated heterocycles. The number of rotatable bonds is 8. The van der Waals surface area contributed by atoms with E-state index in [1.807, 2.05) is 18.2 Å². The number of hydrogen-bond donors (Lipinski definition) is 1. The van der Waals surface area contributed by atoms with Gasteiger partial charge in [-0.3, -0.25) is 9.59 Å². The van der Waals surface area contributed by atoms with Crippen molar-refractivity contribution in [3.05, 3.63) is 30.2 Å². The zero-order chi connectivity index (χ0) is 13.5. The molecule has 2 rings (SSSR count). The highest BCUT2D eigenvalue weighted by molar-refractivity contribution is 5.94. The fourth-order valence-electron chi connectivity index (χ4n) is 1.85. The van der Waals surface area contributed by atoms with Gasteiger partial charge in [0.25, 0.3) is 5.89 Å². The highest BCUT2D eigenvalue weighted by atomic mass is 16.4. The topological polar surface area (TPSA) is 72.2 Å². The molecule has 1 aromatic carbocycles. The van der Waals surface area contributed by atoms with Gasteiger partial charge in [0.15, 0.2) is 5.58 Å². The van der Waals surface area contributed by atoms with Crippen LogP contribution in [0.5, 0.6) is 0 Å². The maximum Gasteiger partial charge on any atom is 0.264 e. The van der Waals surface area contributed by atoms with E-state index in [4.69, 9.17) is 4.42 Å². The molecule has 5 heteroatoms.